The molecule has 0 saturated carbocycles. The summed E-state index contributed by atoms with van der Waals surface area (Å²) >= 11 is 7.60. The highest BCUT2D eigenvalue weighted by Crippen LogP contribution is 2.38. The van der Waals surface area contributed by atoms with Gasteiger partial charge in [-0.05, 0) is 60.2 Å². The summed E-state index contributed by atoms with van der Waals surface area (Å²) in [5.41, 5.74) is 1.82. The summed E-state index contributed by atoms with van der Waals surface area (Å²) in [6.07, 6.45) is 0.864. The van der Waals surface area contributed by atoms with Crippen LogP contribution in [0, 0.1) is 10.1 Å². The highest BCUT2D eigenvalue weighted by atomic mass is 35.5. The molecule has 5 rings (SSSR count). The second-order valence-corrected chi connectivity index (χ2v) is 13.2. The number of nitrogens with zero attached hydrogens (tertiary/aromatic N) is 4. The minimum Gasteiger partial charge on any atom is -0.497 e. The van der Waals surface area contributed by atoms with Crippen LogP contribution >= 0.6 is 22.9 Å². The first-order valence-corrected chi connectivity index (χ1v) is 15.5. The average Bonchev–Trinajstić information content (AvgIpc) is 3.41. The molecule has 0 radical (unpaired) electrons. The van der Waals surface area contributed by atoms with Gasteiger partial charge in [0.25, 0.3) is 5.69 Å². The number of fused-ring (bicyclic) bond motifs is 1. The molecule has 2 aliphatic heterocycles. The Labute approximate surface area is 241 Å². The van der Waals surface area contributed by atoms with E-state index in [1.807, 2.05) is 24.3 Å². The van der Waals surface area contributed by atoms with Crippen molar-refractivity contribution in [2.75, 3.05) is 39.8 Å². The van der Waals surface area contributed by atoms with E-state index in [9.17, 15) is 23.3 Å². The van der Waals surface area contributed by atoms with Gasteiger partial charge < -0.3 is 9.64 Å². The third-order valence-corrected chi connectivity index (χ3v) is 10.8. The summed E-state index contributed by atoms with van der Waals surface area (Å²) in [4.78, 5) is 29.1. The highest BCUT2D eigenvalue weighted by Gasteiger charge is 2.38. The number of carbonyl (C=O) groups excluding carboxylic acids is 1. The largest absolute Gasteiger partial charge is 0.497 e. The van der Waals surface area contributed by atoms with E-state index in [1.54, 1.807) is 30.3 Å². The summed E-state index contributed by atoms with van der Waals surface area (Å²) in [5, 5.41) is 13.2. The molecule has 10 nitrogen and oxygen atoms in total. The first kappa shape index (κ1) is 28.5. The van der Waals surface area contributed by atoms with Crippen LogP contribution < -0.4 is 4.74 Å². The SMILES string of the molecule is COc1ccc(C2c3ccsc3CCN2CC(=O)N2CCN(S(=O)(=O)c3ccc(Cl)c([N+](=O)[O-])c3)C(C)C2)cc1. The standard InChI is InChI=1S/C27H29ClN4O6S2/c1-18-16-29(12-13-31(18)40(36,37)21-7-8-23(28)24(15-21)32(34)35)26(33)17-30-11-9-25-22(10-14-39-25)27(30)19-3-5-20(38-2)6-4-19/h3-8,10,14-15,18,27H,9,11-13,16-17H2,1-2H3. The molecule has 2 atom stereocenters. The normalized spacial score (nSPS) is 20.2. The molecule has 13 heteroatoms. The van der Waals surface area contributed by atoms with Crippen LogP contribution in [0.25, 0.3) is 0 Å². The van der Waals surface area contributed by atoms with Crippen molar-refractivity contribution < 1.29 is 22.9 Å². The highest BCUT2D eigenvalue weighted by molar-refractivity contribution is 7.89. The number of amides is 1. The second kappa shape index (κ2) is 11.5. The van der Waals surface area contributed by atoms with Gasteiger partial charge in [-0.15, -0.1) is 11.3 Å². The van der Waals surface area contributed by atoms with Crippen LogP contribution in [0.15, 0.2) is 58.8 Å². The monoisotopic (exact) mass is 604 g/mol. The number of ether oxygens (including phenoxy) is 1. The van der Waals surface area contributed by atoms with Gasteiger partial charge >= 0.3 is 0 Å². The molecule has 3 aromatic rings. The Morgan fingerprint density at radius 2 is 1.90 bits per heavy atom. The topological polar surface area (TPSA) is 113 Å². The molecule has 0 N–H and O–H groups in total. The summed E-state index contributed by atoms with van der Waals surface area (Å²) in [7, 11) is -2.40. The molecule has 0 aliphatic carbocycles. The van der Waals surface area contributed by atoms with E-state index in [1.165, 1.54) is 26.9 Å². The predicted octanol–water partition coefficient (Wildman–Crippen LogP) is 4.19. The molecule has 1 fully saturated rings. The van der Waals surface area contributed by atoms with Crippen LogP contribution in [0.3, 0.4) is 0 Å². The van der Waals surface area contributed by atoms with E-state index in [0.717, 1.165) is 30.3 Å². The fourth-order valence-electron chi connectivity index (χ4n) is 5.44. The third kappa shape index (κ3) is 5.46. The quantitative estimate of drug-likeness (QED) is 0.293. The van der Waals surface area contributed by atoms with Gasteiger partial charge in [0.2, 0.25) is 15.9 Å². The Balaban J connectivity index is 1.30. The minimum absolute atomic E-state index is 0.0651. The summed E-state index contributed by atoms with van der Waals surface area (Å²) < 4.78 is 33.3. The Morgan fingerprint density at radius 3 is 2.58 bits per heavy atom. The van der Waals surface area contributed by atoms with Gasteiger partial charge in [-0.3, -0.25) is 19.8 Å². The van der Waals surface area contributed by atoms with Crippen LogP contribution in [0.5, 0.6) is 5.75 Å². The number of hydrogen-bond acceptors (Lipinski definition) is 8. The van der Waals surface area contributed by atoms with Crippen molar-refractivity contribution in [2.24, 2.45) is 0 Å². The van der Waals surface area contributed by atoms with E-state index in [2.05, 4.69) is 16.3 Å². The van der Waals surface area contributed by atoms with Gasteiger partial charge in [-0.2, -0.15) is 4.31 Å². The minimum atomic E-state index is -4.03. The van der Waals surface area contributed by atoms with Crippen LogP contribution in [-0.2, 0) is 21.2 Å². The molecule has 2 unspecified atom stereocenters. The van der Waals surface area contributed by atoms with Crippen LogP contribution in [0.1, 0.15) is 29.0 Å². The number of carbonyl (C=O) groups is 1. The van der Waals surface area contributed by atoms with Crippen LogP contribution in [-0.4, -0.2) is 79.2 Å². The number of methoxy groups -OCH3 is 1. The Bertz CT molecular complexity index is 1530. The Kier molecular flexibility index (Phi) is 8.16. The maximum absolute atomic E-state index is 13.5. The fourth-order valence-corrected chi connectivity index (χ4v) is 8.17. The number of nitro benzene ring substituents is 1. The van der Waals surface area contributed by atoms with Gasteiger partial charge in [-0.25, -0.2) is 8.42 Å². The number of rotatable bonds is 7. The van der Waals surface area contributed by atoms with Crippen molar-refractivity contribution in [3.05, 3.63) is 85.1 Å². The zero-order valence-corrected chi connectivity index (χ0v) is 24.4. The van der Waals surface area contributed by atoms with E-state index < -0.39 is 26.7 Å². The van der Waals surface area contributed by atoms with E-state index in [4.69, 9.17) is 16.3 Å². The molecular weight excluding hydrogens is 576 g/mol. The van der Waals surface area contributed by atoms with Crippen molar-refractivity contribution in [3.8, 4) is 5.75 Å². The number of nitro groups is 1. The predicted molar refractivity (Wildman–Crippen MR) is 152 cm³/mol. The number of benzene rings is 2. The third-order valence-electron chi connectivity index (χ3n) is 7.48. The van der Waals surface area contributed by atoms with Crippen molar-refractivity contribution in [3.63, 3.8) is 0 Å². The lowest BCUT2D eigenvalue weighted by atomic mass is 9.93. The number of piperazine rings is 1. The zero-order valence-electron chi connectivity index (χ0n) is 22.0. The molecule has 1 saturated heterocycles. The van der Waals surface area contributed by atoms with Gasteiger partial charge in [0, 0.05) is 43.2 Å². The molecule has 2 aliphatic rings. The molecule has 0 bridgehead atoms. The zero-order chi connectivity index (χ0) is 28.6. The van der Waals surface area contributed by atoms with Crippen molar-refractivity contribution in [2.45, 2.75) is 30.3 Å². The number of halogens is 1. The van der Waals surface area contributed by atoms with Crippen LogP contribution in [0.2, 0.25) is 5.02 Å². The van der Waals surface area contributed by atoms with E-state index in [0.29, 0.717) is 0 Å². The summed E-state index contributed by atoms with van der Waals surface area (Å²) in [6, 6.07) is 12.9. The maximum atomic E-state index is 13.5. The van der Waals surface area contributed by atoms with E-state index in [-0.39, 0.29) is 48.0 Å². The molecule has 40 heavy (non-hydrogen) atoms. The number of sulfonamides is 1. The first-order chi connectivity index (χ1) is 19.1. The molecule has 2 aromatic carbocycles. The van der Waals surface area contributed by atoms with Crippen molar-refractivity contribution >= 4 is 44.6 Å². The fraction of sp³-hybridized carbons (Fsp3) is 0.370. The summed E-state index contributed by atoms with van der Waals surface area (Å²) in [5.74, 6) is 0.700. The van der Waals surface area contributed by atoms with E-state index >= 15 is 0 Å². The summed E-state index contributed by atoms with van der Waals surface area (Å²) in [6.45, 7) is 3.20. The lowest BCUT2D eigenvalue weighted by molar-refractivity contribution is -0.384. The molecule has 1 aromatic heterocycles. The van der Waals surface area contributed by atoms with Crippen molar-refractivity contribution in [1.29, 1.82) is 0 Å². The first-order valence-electron chi connectivity index (χ1n) is 12.8. The smallest absolute Gasteiger partial charge is 0.289 e. The average molecular weight is 605 g/mol. The second-order valence-electron chi connectivity index (χ2n) is 9.87. The molecule has 0 spiro atoms. The van der Waals surface area contributed by atoms with Gasteiger partial charge in [0.1, 0.15) is 10.8 Å². The lowest BCUT2D eigenvalue weighted by Gasteiger charge is -2.41. The Morgan fingerprint density at radius 1 is 1.15 bits per heavy atom. The Hall–Kier alpha value is -3.03. The molecule has 3 heterocycles. The van der Waals surface area contributed by atoms with Crippen LogP contribution in [0.4, 0.5) is 5.69 Å². The molecule has 1 amide bonds. The van der Waals surface area contributed by atoms with Gasteiger partial charge in [-0.1, -0.05) is 23.7 Å². The van der Waals surface area contributed by atoms with Crippen molar-refractivity contribution in [1.82, 2.24) is 14.1 Å². The van der Waals surface area contributed by atoms with Gasteiger partial charge in [0.05, 0.1) is 29.5 Å². The molecular formula is C27H29ClN4O6S2. The number of hydrogen-bond donors (Lipinski definition) is 0. The number of thiophene rings is 1. The maximum Gasteiger partial charge on any atom is 0.289 e. The lowest BCUT2D eigenvalue weighted by Crippen LogP contribution is -2.57. The van der Waals surface area contributed by atoms with Gasteiger partial charge in [0.15, 0.2) is 0 Å². The molecule has 212 valence electrons.